The van der Waals surface area contributed by atoms with E-state index in [-0.39, 0.29) is 0 Å². The second-order valence-corrected chi connectivity index (χ2v) is 4.73. The minimum atomic E-state index is 0.807. The van der Waals surface area contributed by atoms with Crippen LogP contribution in [0.4, 0.5) is 0 Å². The molecule has 1 N–H and O–H groups in total. The Hall–Kier alpha value is -0.920. The molecule has 0 aliphatic rings. The third-order valence-electron chi connectivity index (χ3n) is 3.35. The zero-order valence-corrected chi connectivity index (χ0v) is 11.2. The summed E-state index contributed by atoms with van der Waals surface area (Å²) in [5, 5.41) is 0. The lowest BCUT2D eigenvalue weighted by Gasteiger charge is -2.19. The number of hydrogen-bond acceptors (Lipinski definition) is 1. The van der Waals surface area contributed by atoms with Crippen molar-refractivity contribution in [3.8, 4) is 0 Å². The highest BCUT2D eigenvalue weighted by Crippen LogP contribution is 2.12. The maximum absolute atomic E-state index is 3.54. The average Bonchev–Trinajstić information content (AvgIpc) is 2.60. The van der Waals surface area contributed by atoms with E-state index < -0.39 is 0 Å². The molecule has 0 aliphatic carbocycles. The first-order valence-electron chi connectivity index (χ1n) is 6.57. The van der Waals surface area contributed by atoms with Gasteiger partial charge in [0, 0.05) is 17.9 Å². The Bertz CT molecular complexity index is 282. The van der Waals surface area contributed by atoms with E-state index in [1.165, 1.54) is 37.1 Å². The van der Waals surface area contributed by atoms with Gasteiger partial charge < -0.3 is 5.43 Å². The van der Waals surface area contributed by atoms with Crippen LogP contribution in [0.5, 0.6) is 0 Å². The number of aromatic nitrogens is 1. The lowest BCUT2D eigenvalue weighted by Crippen LogP contribution is -2.23. The van der Waals surface area contributed by atoms with Gasteiger partial charge in [0.25, 0.3) is 0 Å². The van der Waals surface area contributed by atoms with Crippen LogP contribution in [0.15, 0.2) is 12.1 Å². The van der Waals surface area contributed by atoms with E-state index in [9.17, 15) is 0 Å². The second-order valence-electron chi connectivity index (χ2n) is 4.73. The van der Waals surface area contributed by atoms with E-state index >= 15 is 0 Å². The Labute approximate surface area is 100 Å². The molecular weight excluding hydrogens is 196 g/mol. The SMILES string of the molecule is CCCCC(CC)CNn1c(C)ccc1C. The zero-order chi connectivity index (χ0) is 12.0. The van der Waals surface area contributed by atoms with Gasteiger partial charge in [0.05, 0.1) is 0 Å². The number of hydrogen-bond donors (Lipinski definition) is 1. The monoisotopic (exact) mass is 222 g/mol. The minimum absolute atomic E-state index is 0.807. The van der Waals surface area contributed by atoms with Crippen LogP contribution in [0, 0.1) is 19.8 Å². The molecule has 2 nitrogen and oxygen atoms in total. The minimum Gasteiger partial charge on any atom is -0.326 e. The Morgan fingerprint density at radius 1 is 1.19 bits per heavy atom. The van der Waals surface area contributed by atoms with E-state index in [0.29, 0.717) is 0 Å². The van der Waals surface area contributed by atoms with Gasteiger partial charge in [-0.15, -0.1) is 0 Å². The fourth-order valence-electron chi connectivity index (χ4n) is 2.08. The van der Waals surface area contributed by atoms with Gasteiger partial charge in [-0.2, -0.15) is 0 Å². The van der Waals surface area contributed by atoms with Gasteiger partial charge in [0.1, 0.15) is 0 Å². The van der Waals surface area contributed by atoms with Gasteiger partial charge in [0.2, 0.25) is 0 Å². The van der Waals surface area contributed by atoms with Crippen LogP contribution in [0.25, 0.3) is 0 Å². The predicted molar refractivity (Wildman–Crippen MR) is 71.4 cm³/mol. The van der Waals surface area contributed by atoms with Crippen molar-refractivity contribution in [2.75, 3.05) is 12.0 Å². The van der Waals surface area contributed by atoms with Crippen molar-refractivity contribution in [1.82, 2.24) is 4.68 Å². The smallest absolute Gasteiger partial charge is 0.0366 e. The molecular formula is C14H26N2. The van der Waals surface area contributed by atoms with E-state index in [0.717, 1.165) is 12.5 Å². The first kappa shape index (κ1) is 13.1. The van der Waals surface area contributed by atoms with E-state index in [1.54, 1.807) is 0 Å². The van der Waals surface area contributed by atoms with Crippen molar-refractivity contribution in [1.29, 1.82) is 0 Å². The molecule has 1 aromatic heterocycles. The molecule has 0 aromatic carbocycles. The molecule has 0 spiro atoms. The van der Waals surface area contributed by atoms with Gasteiger partial charge in [-0.3, -0.25) is 4.68 Å². The van der Waals surface area contributed by atoms with Crippen LogP contribution in [-0.2, 0) is 0 Å². The first-order chi connectivity index (χ1) is 7.69. The third kappa shape index (κ3) is 3.58. The molecule has 1 aromatic rings. The van der Waals surface area contributed by atoms with Gasteiger partial charge in [-0.05, 0) is 38.3 Å². The second kappa shape index (κ2) is 6.62. The van der Waals surface area contributed by atoms with Gasteiger partial charge in [0.15, 0.2) is 0 Å². The number of nitrogens with one attached hydrogen (secondary N) is 1. The fraction of sp³-hybridized carbons (Fsp3) is 0.714. The molecule has 0 fully saturated rings. The summed E-state index contributed by atoms with van der Waals surface area (Å²) in [7, 11) is 0. The Morgan fingerprint density at radius 3 is 2.31 bits per heavy atom. The van der Waals surface area contributed by atoms with Crippen LogP contribution in [0.3, 0.4) is 0 Å². The van der Waals surface area contributed by atoms with Crippen molar-refractivity contribution in [2.45, 2.75) is 53.4 Å². The summed E-state index contributed by atoms with van der Waals surface area (Å²) in [6.07, 6.45) is 5.27. The molecule has 0 aliphatic heterocycles. The molecule has 0 bridgehead atoms. The van der Waals surface area contributed by atoms with Crippen LogP contribution < -0.4 is 5.43 Å². The van der Waals surface area contributed by atoms with Crippen molar-refractivity contribution in [2.24, 2.45) is 5.92 Å². The number of aryl methyl sites for hydroxylation is 2. The average molecular weight is 222 g/mol. The summed E-state index contributed by atoms with van der Waals surface area (Å²) in [4.78, 5) is 0. The molecule has 0 radical (unpaired) electrons. The summed E-state index contributed by atoms with van der Waals surface area (Å²) in [5.74, 6) is 0.807. The molecule has 92 valence electrons. The Kier molecular flexibility index (Phi) is 5.44. The van der Waals surface area contributed by atoms with Gasteiger partial charge in [-0.25, -0.2) is 0 Å². The Balaban J connectivity index is 2.43. The first-order valence-corrected chi connectivity index (χ1v) is 6.57. The fourth-order valence-corrected chi connectivity index (χ4v) is 2.08. The Morgan fingerprint density at radius 2 is 1.81 bits per heavy atom. The molecule has 1 heterocycles. The molecule has 0 amide bonds. The van der Waals surface area contributed by atoms with E-state index in [4.69, 9.17) is 0 Å². The molecule has 16 heavy (non-hydrogen) atoms. The van der Waals surface area contributed by atoms with E-state index in [2.05, 4.69) is 49.9 Å². The van der Waals surface area contributed by atoms with E-state index in [1.807, 2.05) is 0 Å². The molecule has 2 heteroatoms. The van der Waals surface area contributed by atoms with Crippen LogP contribution in [-0.4, -0.2) is 11.2 Å². The summed E-state index contributed by atoms with van der Waals surface area (Å²) in [5.41, 5.74) is 6.13. The molecule has 0 saturated carbocycles. The van der Waals surface area contributed by atoms with Gasteiger partial charge in [-0.1, -0.05) is 33.1 Å². The molecule has 0 saturated heterocycles. The van der Waals surface area contributed by atoms with Gasteiger partial charge >= 0.3 is 0 Å². The van der Waals surface area contributed by atoms with Crippen molar-refractivity contribution in [3.05, 3.63) is 23.5 Å². The van der Waals surface area contributed by atoms with Crippen molar-refractivity contribution < 1.29 is 0 Å². The number of rotatable bonds is 7. The largest absolute Gasteiger partial charge is 0.326 e. The quantitative estimate of drug-likeness (QED) is 0.741. The molecule has 1 rings (SSSR count). The normalized spacial score (nSPS) is 12.8. The zero-order valence-electron chi connectivity index (χ0n) is 11.2. The molecule has 1 unspecified atom stereocenters. The van der Waals surface area contributed by atoms with Crippen LogP contribution in [0.2, 0.25) is 0 Å². The van der Waals surface area contributed by atoms with Crippen LogP contribution in [0.1, 0.15) is 50.9 Å². The number of unbranched alkanes of at least 4 members (excludes halogenated alkanes) is 1. The standard InChI is InChI=1S/C14H26N2/c1-5-7-8-14(6-2)11-15-16-12(3)9-10-13(16)4/h9-10,14-15H,5-8,11H2,1-4H3. The highest BCUT2D eigenvalue weighted by molar-refractivity contribution is 5.15. The lowest BCUT2D eigenvalue weighted by atomic mass is 10.00. The predicted octanol–water partition coefficient (Wildman–Crippen LogP) is 3.86. The maximum Gasteiger partial charge on any atom is 0.0366 e. The summed E-state index contributed by atoms with van der Waals surface area (Å²) >= 11 is 0. The van der Waals surface area contributed by atoms with Crippen molar-refractivity contribution in [3.63, 3.8) is 0 Å². The summed E-state index contributed by atoms with van der Waals surface area (Å²) < 4.78 is 2.20. The maximum atomic E-state index is 3.54. The lowest BCUT2D eigenvalue weighted by molar-refractivity contribution is 0.458. The summed E-state index contributed by atoms with van der Waals surface area (Å²) in [6, 6.07) is 4.32. The topological polar surface area (TPSA) is 17.0 Å². The van der Waals surface area contributed by atoms with Crippen molar-refractivity contribution >= 4 is 0 Å². The third-order valence-corrected chi connectivity index (χ3v) is 3.35. The molecule has 1 atom stereocenters. The van der Waals surface area contributed by atoms with Crippen LogP contribution >= 0.6 is 0 Å². The highest BCUT2D eigenvalue weighted by atomic mass is 15.4. The highest BCUT2D eigenvalue weighted by Gasteiger charge is 2.06. The number of nitrogens with zero attached hydrogens (tertiary/aromatic N) is 1. The summed E-state index contributed by atoms with van der Waals surface area (Å²) in [6.45, 7) is 9.94.